The maximum Gasteiger partial charge on any atom is 0.303 e. The Kier molecular flexibility index (Phi) is 7.86. The molecule has 3 aromatic rings. The Hall–Kier alpha value is -4.78. The minimum Gasteiger partial charge on any atom is -0.508 e. The van der Waals surface area contributed by atoms with E-state index in [2.05, 4.69) is 0 Å². The van der Waals surface area contributed by atoms with E-state index < -0.39 is 65.5 Å². The van der Waals surface area contributed by atoms with Gasteiger partial charge in [-0.25, -0.2) is 0 Å². The number of hydrogen-bond donors (Lipinski definition) is 3. The van der Waals surface area contributed by atoms with E-state index in [0.29, 0.717) is 0 Å². The molecule has 1 aliphatic rings. The van der Waals surface area contributed by atoms with E-state index in [4.69, 9.17) is 28.1 Å². The van der Waals surface area contributed by atoms with Gasteiger partial charge in [-0.15, -0.1) is 0 Å². The fraction of sp³-hybridized carbons (Fsp3) is 0.333. The lowest BCUT2D eigenvalue weighted by Gasteiger charge is -2.43. The Balaban J connectivity index is 1.89. The molecular weight excluding hydrogens is 532 g/mol. The Morgan fingerprint density at radius 3 is 1.98 bits per heavy atom. The van der Waals surface area contributed by atoms with Crippen molar-refractivity contribution in [2.45, 2.75) is 58.4 Å². The van der Waals surface area contributed by atoms with Crippen LogP contribution in [0.5, 0.6) is 23.0 Å². The highest BCUT2D eigenvalue weighted by Gasteiger charge is 2.52. The predicted octanol–water partition coefficient (Wildman–Crippen LogP) is 2.50. The topological polar surface area (TPSA) is 188 Å². The number of carbonyl (C=O) groups is 3. The SMILES string of the molecule is CC(=O)O[C@@H]1[C@@H](OC(C)=O)[C@@H](OC(C)=O)C(Oc2c(-c3ccc(O)cc3)oc3cc(O)cc(O)c3c2=O)O[C@H]1C. The van der Waals surface area contributed by atoms with E-state index in [9.17, 15) is 34.5 Å². The molecule has 0 spiro atoms. The van der Waals surface area contributed by atoms with E-state index in [1.807, 2.05) is 0 Å². The molecule has 4 rings (SSSR count). The minimum atomic E-state index is -1.61. The minimum absolute atomic E-state index is 0.0789. The number of aromatic hydroxyl groups is 3. The second-order valence-electron chi connectivity index (χ2n) is 9.02. The van der Waals surface area contributed by atoms with Crippen molar-refractivity contribution in [1.82, 2.24) is 0 Å². The van der Waals surface area contributed by atoms with E-state index in [1.54, 1.807) is 0 Å². The normalized spacial score (nSPS) is 22.4. The van der Waals surface area contributed by atoms with Crippen LogP contribution in [-0.2, 0) is 33.3 Å². The second-order valence-corrected chi connectivity index (χ2v) is 9.02. The number of phenolic OH excluding ortho intramolecular Hbond substituents is 3. The number of esters is 3. The quantitative estimate of drug-likeness (QED) is 0.296. The van der Waals surface area contributed by atoms with Crippen LogP contribution in [0.4, 0.5) is 0 Å². The van der Waals surface area contributed by atoms with Gasteiger partial charge in [-0.05, 0) is 31.2 Å². The van der Waals surface area contributed by atoms with Gasteiger partial charge in [-0.1, -0.05) is 0 Å². The summed E-state index contributed by atoms with van der Waals surface area (Å²) in [4.78, 5) is 49.5. The summed E-state index contributed by atoms with van der Waals surface area (Å²) >= 11 is 0. The van der Waals surface area contributed by atoms with E-state index in [1.165, 1.54) is 31.2 Å². The van der Waals surface area contributed by atoms with Crippen LogP contribution in [0, 0.1) is 0 Å². The molecule has 0 saturated carbocycles. The average molecular weight is 558 g/mol. The highest BCUT2D eigenvalue weighted by atomic mass is 16.7. The van der Waals surface area contributed by atoms with Crippen molar-refractivity contribution < 1.29 is 57.8 Å². The lowest BCUT2D eigenvalue weighted by molar-refractivity contribution is -0.280. The fourth-order valence-corrected chi connectivity index (χ4v) is 4.36. The van der Waals surface area contributed by atoms with Gasteiger partial charge in [-0.2, -0.15) is 0 Å². The molecular formula is C27H26O13. The van der Waals surface area contributed by atoms with Crippen molar-refractivity contribution in [3.05, 3.63) is 46.6 Å². The molecule has 13 heteroatoms. The van der Waals surface area contributed by atoms with Gasteiger partial charge in [0.05, 0.1) is 6.10 Å². The molecule has 40 heavy (non-hydrogen) atoms. The number of carbonyl (C=O) groups excluding carboxylic acids is 3. The summed E-state index contributed by atoms with van der Waals surface area (Å²) in [6, 6.07) is 7.54. The maximum absolute atomic E-state index is 13.7. The van der Waals surface area contributed by atoms with Crippen molar-refractivity contribution >= 4 is 28.9 Å². The predicted molar refractivity (Wildman–Crippen MR) is 135 cm³/mol. The molecule has 0 radical (unpaired) electrons. The van der Waals surface area contributed by atoms with Gasteiger partial charge < -0.3 is 43.4 Å². The Bertz CT molecular complexity index is 1510. The number of rotatable bonds is 6. The third kappa shape index (κ3) is 5.78. The first kappa shape index (κ1) is 28.2. The van der Waals surface area contributed by atoms with Crippen LogP contribution in [-0.4, -0.2) is 63.9 Å². The third-order valence-corrected chi connectivity index (χ3v) is 5.91. The number of benzene rings is 2. The molecule has 1 aliphatic heterocycles. The summed E-state index contributed by atoms with van der Waals surface area (Å²) in [5.41, 5.74) is -0.817. The zero-order valence-corrected chi connectivity index (χ0v) is 21.8. The Morgan fingerprint density at radius 1 is 0.800 bits per heavy atom. The van der Waals surface area contributed by atoms with Gasteiger partial charge in [-0.3, -0.25) is 19.2 Å². The van der Waals surface area contributed by atoms with Crippen LogP contribution in [0.25, 0.3) is 22.3 Å². The van der Waals surface area contributed by atoms with Crippen LogP contribution in [0.2, 0.25) is 0 Å². The van der Waals surface area contributed by atoms with Crippen molar-refractivity contribution in [3.63, 3.8) is 0 Å². The summed E-state index contributed by atoms with van der Waals surface area (Å²) in [6.45, 7) is 4.81. The van der Waals surface area contributed by atoms with Crippen LogP contribution in [0.3, 0.4) is 0 Å². The van der Waals surface area contributed by atoms with Crippen molar-refractivity contribution in [1.29, 1.82) is 0 Å². The molecule has 0 bridgehead atoms. The molecule has 0 amide bonds. The molecule has 212 valence electrons. The maximum atomic E-state index is 13.7. The first-order chi connectivity index (χ1) is 18.8. The van der Waals surface area contributed by atoms with Crippen LogP contribution in [0.15, 0.2) is 45.6 Å². The van der Waals surface area contributed by atoms with Crippen LogP contribution in [0.1, 0.15) is 27.7 Å². The van der Waals surface area contributed by atoms with Crippen LogP contribution >= 0.6 is 0 Å². The van der Waals surface area contributed by atoms with Gasteiger partial charge >= 0.3 is 17.9 Å². The van der Waals surface area contributed by atoms with Crippen molar-refractivity contribution in [3.8, 4) is 34.3 Å². The molecule has 0 aliphatic carbocycles. The molecule has 1 saturated heterocycles. The summed E-state index contributed by atoms with van der Waals surface area (Å²) in [5, 5.41) is 29.8. The Morgan fingerprint density at radius 2 is 1.38 bits per heavy atom. The first-order valence-corrected chi connectivity index (χ1v) is 12.0. The molecule has 13 nitrogen and oxygen atoms in total. The number of phenols is 3. The zero-order chi connectivity index (χ0) is 29.3. The van der Waals surface area contributed by atoms with Gasteiger partial charge in [0.25, 0.3) is 0 Å². The third-order valence-electron chi connectivity index (χ3n) is 5.91. The van der Waals surface area contributed by atoms with Crippen LogP contribution < -0.4 is 10.2 Å². The standard InChI is InChI=1S/C27H26O13/c1-11-22(36-12(2)28)25(37-13(3)29)26(38-14(4)30)27(35-11)40-24-21(34)20-18(33)9-17(32)10-19(20)39-23(24)15-5-7-16(31)8-6-15/h5-11,22,25-27,31-33H,1-4H3/t11-,22-,25+,26+,27?/m0/s1. The first-order valence-electron chi connectivity index (χ1n) is 12.0. The average Bonchev–Trinajstić information content (AvgIpc) is 2.84. The molecule has 3 N–H and O–H groups in total. The summed E-state index contributed by atoms with van der Waals surface area (Å²) < 4.78 is 33.7. The van der Waals surface area contributed by atoms with E-state index >= 15 is 0 Å². The smallest absolute Gasteiger partial charge is 0.303 e. The molecule has 1 aromatic heterocycles. The van der Waals surface area contributed by atoms with Crippen molar-refractivity contribution in [2.75, 3.05) is 0 Å². The zero-order valence-electron chi connectivity index (χ0n) is 21.8. The second kappa shape index (κ2) is 11.1. The number of fused-ring (bicyclic) bond motifs is 1. The molecule has 1 unspecified atom stereocenters. The molecule has 2 aromatic carbocycles. The number of hydrogen-bond acceptors (Lipinski definition) is 13. The lowest BCUT2D eigenvalue weighted by Crippen LogP contribution is -2.62. The fourth-order valence-electron chi connectivity index (χ4n) is 4.36. The molecule has 2 heterocycles. The van der Waals surface area contributed by atoms with E-state index in [0.717, 1.165) is 32.9 Å². The summed E-state index contributed by atoms with van der Waals surface area (Å²) in [5.74, 6) is -4.08. The van der Waals surface area contributed by atoms with Crippen molar-refractivity contribution in [2.24, 2.45) is 0 Å². The molecule has 1 fully saturated rings. The lowest BCUT2D eigenvalue weighted by atomic mass is 9.98. The van der Waals surface area contributed by atoms with Gasteiger partial charge in [0.2, 0.25) is 23.6 Å². The molecule has 5 atom stereocenters. The monoisotopic (exact) mass is 558 g/mol. The van der Waals surface area contributed by atoms with E-state index in [-0.39, 0.29) is 33.8 Å². The summed E-state index contributed by atoms with van der Waals surface area (Å²) in [7, 11) is 0. The van der Waals surface area contributed by atoms with Gasteiger partial charge in [0.1, 0.15) is 28.2 Å². The number of ether oxygens (including phenoxy) is 5. The largest absolute Gasteiger partial charge is 0.508 e. The summed E-state index contributed by atoms with van der Waals surface area (Å²) in [6.07, 6.45) is -6.72. The Labute approximate surface area is 226 Å². The van der Waals surface area contributed by atoms with Gasteiger partial charge in [0.15, 0.2) is 18.0 Å². The highest BCUT2D eigenvalue weighted by molar-refractivity contribution is 5.88. The highest BCUT2D eigenvalue weighted by Crippen LogP contribution is 2.38. The van der Waals surface area contributed by atoms with Gasteiger partial charge in [0, 0.05) is 38.5 Å².